The zero-order valence-corrected chi connectivity index (χ0v) is 17.3. The fourth-order valence-corrected chi connectivity index (χ4v) is 4.08. The molecule has 0 aliphatic rings. The smallest absolute Gasteiger partial charge is 0.230 e. The summed E-state index contributed by atoms with van der Waals surface area (Å²) in [6, 6.07) is 10.5. The zero-order valence-electron chi connectivity index (χ0n) is 16.5. The number of pyridine rings is 1. The Morgan fingerprint density at radius 3 is 2.74 bits per heavy atom. The van der Waals surface area contributed by atoms with Crippen molar-refractivity contribution in [2.45, 2.75) is 58.2 Å². The molecule has 0 saturated heterocycles. The molecule has 27 heavy (non-hydrogen) atoms. The molecule has 3 aromatic rings. The Hall–Kier alpha value is -2.08. The van der Waals surface area contributed by atoms with Gasteiger partial charge in [-0.05, 0) is 43.9 Å². The highest BCUT2D eigenvalue weighted by Crippen LogP contribution is 2.25. The topological polar surface area (TPSA) is 59.3 Å². The molecule has 0 fully saturated rings. The van der Waals surface area contributed by atoms with Gasteiger partial charge in [0.2, 0.25) is 5.91 Å². The minimum Gasteiger partial charge on any atom is -0.353 e. The van der Waals surface area contributed by atoms with Crippen LogP contribution in [-0.2, 0) is 4.79 Å². The van der Waals surface area contributed by atoms with E-state index in [1.54, 1.807) is 0 Å². The molecule has 2 heterocycles. The highest BCUT2D eigenvalue weighted by Gasteiger charge is 2.14. The number of para-hydroxylation sites is 1. The van der Waals surface area contributed by atoms with Crippen LogP contribution < -0.4 is 5.32 Å². The second-order valence-corrected chi connectivity index (χ2v) is 8.55. The molecule has 3 rings (SSSR count). The summed E-state index contributed by atoms with van der Waals surface area (Å²) >= 11 is 1.43. The van der Waals surface area contributed by atoms with Crippen LogP contribution in [0.15, 0.2) is 35.5 Å². The van der Waals surface area contributed by atoms with Gasteiger partial charge in [-0.1, -0.05) is 56.7 Å². The third-order valence-electron chi connectivity index (χ3n) is 4.73. The Morgan fingerprint density at radius 2 is 1.96 bits per heavy atom. The van der Waals surface area contributed by atoms with Gasteiger partial charge in [0.15, 0.2) is 10.8 Å². The van der Waals surface area contributed by atoms with Crippen molar-refractivity contribution in [3.63, 3.8) is 0 Å². The van der Waals surface area contributed by atoms with Gasteiger partial charge in [-0.25, -0.2) is 0 Å². The van der Waals surface area contributed by atoms with Crippen molar-refractivity contribution in [3.05, 3.63) is 35.9 Å². The predicted octanol–water partition coefficient (Wildman–Crippen LogP) is 4.61. The number of thioether (sulfide) groups is 1. The first-order valence-electron chi connectivity index (χ1n) is 9.61. The van der Waals surface area contributed by atoms with Crippen molar-refractivity contribution >= 4 is 34.2 Å². The van der Waals surface area contributed by atoms with E-state index < -0.39 is 0 Å². The first kappa shape index (κ1) is 19.7. The molecule has 0 saturated carbocycles. The quantitative estimate of drug-likeness (QED) is 0.576. The molecule has 2 aromatic heterocycles. The van der Waals surface area contributed by atoms with Crippen molar-refractivity contribution in [1.82, 2.24) is 19.9 Å². The molecule has 6 heteroatoms. The summed E-state index contributed by atoms with van der Waals surface area (Å²) in [5.74, 6) is 1.10. The van der Waals surface area contributed by atoms with Gasteiger partial charge in [0.05, 0.1) is 11.3 Å². The third-order valence-corrected chi connectivity index (χ3v) is 5.66. The molecule has 1 unspecified atom stereocenters. The summed E-state index contributed by atoms with van der Waals surface area (Å²) in [6.45, 7) is 8.62. The zero-order chi connectivity index (χ0) is 19.4. The van der Waals surface area contributed by atoms with E-state index in [0.29, 0.717) is 11.7 Å². The summed E-state index contributed by atoms with van der Waals surface area (Å²) in [5, 5.41) is 13.6. The number of nitrogens with one attached hydrogen (secondary N) is 1. The van der Waals surface area contributed by atoms with Crippen molar-refractivity contribution in [2.24, 2.45) is 5.92 Å². The lowest BCUT2D eigenvalue weighted by Gasteiger charge is -2.14. The number of benzene rings is 1. The van der Waals surface area contributed by atoms with Gasteiger partial charge in [-0.2, -0.15) is 0 Å². The fourth-order valence-electron chi connectivity index (χ4n) is 3.32. The first-order chi connectivity index (χ1) is 13.0. The highest BCUT2D eigenvalue weighted by molar-refractivity contribution is 7.99. The van der Waals surface area contributed by atoms with E-state index >= 15 is 0 Å². The molecule has 1 amide bonds. The molecule has 0 bridgehead atoms. The lowest BCUT2D eigenvalue weighted by atomic mass is 10.0. The largest absolute Gasteiger partial charge is 0.353 e. The maximum absolute atomic E-state index is 12.3. The molecule has 0 aliphatic heterocycles. The number of aromatic nitrogens is 3. The maximum Gasteiger partial charge on any atom is 0.230 e. The van der Waals surface area contributed by atoms with Crippen LogP contribution in [0.5, 0.6) is 0 Å². The fraction of sp³-hybridized carbons (Fsp3) is 0.476. The molecule has 0 aliphatic carbocycles. The van der Waals surface area contributed by atoms with Gasteiger partial charge in [0.1, 0.15) is 0 Å². The van der Waals surface area contributed by atoms with E-state index in [1.165, 1.54) is 29.1 Å². The molecule has 1 N–H and O–H groups in total. The van der Waals surface area contributed by atoms with Crippen LogP contribution >= 0.6 is 11.8 Å². The van der Waals surface area contributed by atoms with Crippen molar-refractivity contribution in [2.75, 3.05) is 5.75 Å². The van der Waals surface area contributed by atoms with Crippen molar-refractivity contribution < 1.29 is 4.79 Å². The number of carbonyl (C=O) groups is 1. The number of carbonyl (C=O) groups excluding carboxylic acids is 1. The van der Waals surface area contributed by atoms with E-state index in [2.05, 4.69) is 55.3 Å². The van der Waals surface area contributed by atoms with Crippen LogP contribution in [0.4, 0.5) is 0 Å². The first-order valence-corrected chi connectivity index (χ1v) is 10.6. The molecule has 5 nitrogen and oxygen atoms in total. The van der Waals surface area contributed by atoms with Gasteiger partial charge in [-0.15, -0.1) is 10.2 Å². The Bertz CT molecular complexity index is 934. The number of aryl methyl sites for hydroxylation is 1. The molecule has 0 spiro atoms. The Balaban J connectivity index is 1.65. The van der Waals surface area contributed by atoms with E-state index in [9.17, 15) is 4.79 Å². The molecule has 1 aromatic carbocycles. The SMILES string of the molecule is Cc1cc2nnc(SCC(=O)NC(C)CCCC(C)C)n2c2ccccc12. The average molecular weight is 385 g/mol. The molecular formula is C21H28N4OS. The van der Waals surface area contributed by atoms with Gasteiger partial charge in [-0.3, -0.25) is 9.20 Å². The van der Waals surface area contributed by atoms with Gasteiger partial charge < -0.3 is 5.32 Å². The van der Waals surface area contributed by atoms with E-state index in [1.807, 2.05) is 22.6 Å². The minimum absolute atomic E-state index is 0.0465. The normalized spacial score (nSPS) is 12.8. The molecule has 144 valence electrons. The Morgan fingerprint density at radius 1 is 1.19 bits per heavy atom. The number of amides is 1. The molecular weight excluding hydrogens is 356 g/mol. The standard InChI is InChI=1S/C21H28N4OS/c1-14(2)8-7-9-16(4)22-20(26)13-27-21-24-23-19-12-15(3)17-10-5-6-11-18(17)25(19)21/h5-6,10-12,14,16H,7-9,13H2,1-4H3,(H,22,26). The predicted molar refractivity (Wildman–Crippen MR) is 112 cm³/mol. The Labute approximate surface area is 164 Å². The van der Waals surface area contributed by atoms with Crippen molar-refractivity contribution in [1.29, 1.82) is 0 Å². The summed E-state index contributed by atoms with van der Waals surface area (Å²) in [4.78, 5) is 12.3. The second-order valence-electron chi connectivity index (χ2n) is 7.60. The average Bonchev–Trinajstić information content (AvgIpc) is 3.03. The lowest BCUT2D eigenvalue weighted by molar-refractivity contribution is -0.119. The minimum atomic E-state index is 0.0465. The summed E-state index contributed by atoms with van der Waals surface area (Å²) in [6.07, 6.45) is 3.37. The van der Waals surface area contributed by atoms with Crippen LogP contribution in [-0.4, -0.2) is 32.3 Å². The van der Waals surface area contributed by atoms with Crippen LogP contribution in [0, 0.1) is 12.8 Å². The van der Waals surface area contributed by atoms with Crippen LogP contribution in [0.3, 0.4) is 0 Å². The van der Waals surface area contributed by atoms with Gasteiger partial charge in [0.25, 0.3) is 0 Å². The molecule has 1 atom stereocenters. The van der Waals surface area contributed by atoms with E-state index in [0.717, 1.165) is 29.2 Å². The number of hydrogen-bond acceptors (Lipinski definition) is 4. The van der Waals surface area contributed by atoms with Crippen LogP contribution in [0.2, 0.25) is 0 Å². The number of fused-ring (bicyclic) bond motifs is 3. The number of nitrogens with zero attached hydrogens (tertiary/aromatic N) is 3. The van der Waals surface area contributed by atoms with Crippen LogP contribution in [0.25, 0.3) is 16.6 Å². The third kappa shape index (κ3) is 4.80. The number of rotatable bonds is 8. The lowest BCUT2D eigenvalue weighted by Crippen LogP contribution is -2.33. The van der Waals surface area contributed by atoms with Crippen LogP contribution in [0.1, 0.15) is 45.6 Å². The van der Waals surface area contributed by atoms with E-state index in [4.69, 9.17) is 0 Å². The summed E-state index contributed by atoms with van der Waals surface area (Å²) in [7, 11) is 0. The summed E-state index contributed by atoms with van der Waals surface area (Å²) in [5.41, 5.74) is 3.06. The second kappa shape index (κ2) is 8.74. The van der Waals surface area contributed by atoms with Gasteiger partial charge in [0, 0.05) is 11.4 Å². The van der Waals surface area contributed by atoms with E-state index in [-0.39, 0.29) is 11.9 Å². The number of hydrogen-bond donors (Lipinski definition) is 1. The van der Waals surface area contributed by atoms with Crippen molar-refractivity contribution in [3.8, 4) is 0 Å². The summed E-state index contributed by atoms with van der Waals surface area (Å²) < 4.78 is 2.03. The maximum atomic E-state index is 12.3. The molecule has 0 radical (unpaired) electrons. The highest BCUT2D eigenvalue weighted by atomic mass is 32.2. The van der Waals surface area contributed by atoms with Gasteiger partial charge >= 0.3 is 0 Å². The Kier molecular flexibility index (Phi) is 6.37. The monoisotopic (exact) mass is 384 g/mol.